The van der Waals surface area contributed by atoms with Gasteiger partial charge in [0.2, 0.25) is 11.8 Å². The average molecular weight is 598 g/mol. The Morgan fingerprint density at radius 2 is 1.30 bits per heavy atom. The lowest BCUT2D eigenvalue weighted by molar-refractivity contribution is -0.140. The van der Waals surface area contributed by atoms with E-state index in [9.17, 15) is 18.0 Å². The van der Waals surface area contributed by atoms with E-state index in [2.05, 4.69) is 5.32 Å². The molecule has 0 radical (unpaired) electrons. The molecule has 0 aromatic heterocycles. The first kappa shape index (κ1) is 31.5. The first-order valence-corrected chi connectivity index (χ1v) is 15.9. The van der Waals surface area contributed by atoms with Crippen molar-refractivity contribution < 1.29 is 18.0 Å². The molecule has 1 N–H and O–H groups in total. The van der Waals surface area contributed by atoms with E-state index in [4.69, 9.17) is 0 Å². The van der Waals surface area contributed by atoms with E-state index >= 15 is 0 Å². The monoisotopic (exact) mass is 597 g/mol. The molecule has 224 valence electrons. The SMILES string of the molecule is CC[C@@H](C)NC(=O)[C@H](Cc1ccccc1)N(Cc1ccccc1)C(=O)CN(c1ccc(C)cc1)S(=O)(=O)c1ccccc1. The van der Waals surface area contributed by atoms with Crippen LogP contribution in [0.2, 0.25) is 0 Å². The summed E-state index contributed by atoms with van der Waals surface area (Å²) in [6, 6.07) is 33.1. The molecule has 0 aliphatic heterocycles. The predicted molar refractivity (Wildman–Crippen MR) is 171 cm³/mol. The quantitative estimate of drug-likeness (QED) is 0.213. The van der Waals surface area contributed by atoms with Crippen molar-refractivity contribution in [2.45, 2.75) is 57.1 Å². The van der Waals surface area contributed by atoms with E-state index < -0.39 is 28.5 Å². The number of nitrogens with one attached hydrogen (secondary N) is 1. The van der Waals surface area contributed by atoms with Gasteiger partial charge in [-0.1, -0.05) is 103 Å². The first-order chi connectivity index (χ1) is 20.7. The van der Waals surface area contributed by atoms with Crippen molar-refractivity contribution in [2.75, 3.05) is 10.8 Å². The molecule has 43 heavy (non-hydrogen) atoms. The maximum atomic E-state index is 14.4. The Morgan fingerprint density at radius 3 is 1.86 bits per heavy atom. The molecule has 0 fully saturated rings. The fourth-order valence-corrected chi connectivity index (χ4v) is 6.17. The number of carbonyl (C=O) groups excluding carboxylic acids is 2. The van der Waals surface area contributed by atoms with Gasteiger partial charge in [-0.15, -0.1) is 0 Å². The second-order valence-corrected chi connectivity index (χ2v) is 12.6. The summed E-state index contributed by atoms with van der Waals surface area (Å²) in [4.78, 5) is 29.8. The number of anilines is 1. The Balaban J connectivity index is 1.78. The summed E-state index contributed by atoms with van der Waals surface area (Å²) in [5.74, 6) is -0.764. The molecule has 8 heteroatoms. The Morgan fingerprint density at radius 1 is 0.767 bits per heavy atom. The normalized spacial score (nSPS) is 12.6. The zero-order valence-electron chi connectivity index (χ0n) is 24.9. The number of benzene rings is 4. The van der Waals surface area contributed by atoms with E-state index in [0.29, 0.717) is 5.69 Å². The molecule has 0 aliphatic carbocycles. The Kier molecular flexibility index (Phi) is 10.7. The summed E-state index contributed by atoms with van der Waals surface area (Å²) in [5.41, 5.74) is 3.05. The van der Waals surface area contributed by atoms with Crippen molar-refractivity contribution in [3.63, 3.8) is 0 Å². The number of rotatable bonds is 13. The number of amides is 2. The van der Waals surface area contributed by atoms with Gasteiger partial charge in [0.25, 0.3) is 10.0 Å². The van der Waals surface area contributed by atoms with Gasteiger partial charge in [0.1, 0.15) is 12.6 Å². The molecule has 0 aliphatic rings. The zero-order chi connectivity index (χ0) is 30.8. The topological polar surface area (TPSA) is 86.8 Å². The van der Waals surface area contributed by atoms with Crippen LogP contribution in [0.1, 0.15) is 37.0 Å². The van der Waals surface area contributed by atoms with Gasteiger partial charge in [0.15, 0.2) is 0 Å². The summed E-state index contributed by atoms with van der Waals surface area (Å²) in [5, 5.41) is 3.05. The lowest BCUT2D eigenvalue weighted by Gasteiger charge is -2.34. The third kappa shape index (κ3) is 8.32. The summed E-state index contributed by atoms with van der Waals surface area (Å²) in [6.45, 7) is 5.48. The third-order valence-electron chi connectivity index (χ3n) is 7.40. The number of hydrogen-bond acceptors (Lipinski definition) is 4. The Labute approximate surface area is 255 Å². The van der Waals surface area contributed by atoms with Gasteiger partial charge < -0.3 is 10.2 Å². The van der Waals surface area contributed by atoms with E-state index in [-0.39, 0.29) is 29.8 Å². The molecule has 7 nitrogen and oxygen atoms in total. The highest BCUT2D eigenvalue weighted by Gasteiger charge is 2.34. The summed E-state index contributed by atoms with van der Waals surface area (Å²) < 4.78 is 29.1. The minimum absolute atomic E-state index is 0.0772. The minimum atomic E-state index is -4.11. The molecule has 0 saturated carbocycles. The van der Waals surface area contributed by atoms with Gasteiger partial charge in [0, 0.05) is 19.0 Å². The van der Waals surface area contributed by atoms with Crippen LogP contribution in [0.5, 0.6) is 0 Å². The lowest BCUT2D eigenvalue weighted by Crippen LogP contribution is -2.54. The smallest absolute Gasteiger partial charge is 0.264 e. The number of aryl methyl sites for hydroxylation is 1. The van der Waals surface area contributed by atoms with Gasteiger partial charge in [-0.05, 0) is 55.7 Å². The second kappa shape index (κ2) is 14.6. The standard InChI is InChI=1S/C35H39N3O4S/c1-4-28(3)36-35(40)33(24-29-14-8-5-9-15-29)37(25-30-16-10-6-11-17-30)34(39)26-38(31-22-20-27(2)21-23-31)43(41,42)32-18-12-7-13-19-32/h5-23,28,33H,4,24-26H2,1-3H3,(H,36,40)/t28-,33+/m1/s1. The molecule has 0 spiro atoms. The van der Waals surface area contributed by atoms with E-state index in [1.54, 1.807) is 30.3 Å². The molecular weight excluding hydrogens is 558 g/mol. The molecule has 0 heterocycles. The molecule has 4 aromatic rings. The third-order valence-corrected chi connectivity index (χ3v) is 9.19. The predicted octanol–water partition coefficient (Wildman–Crippen LogP) is 5.75. The highest BCUT2D eigenvalue weighted by atomic mass is 32.2. The Hall–Kier alpha value is -4.43. The molecule has 0 unspecified atom stereocenters. The number of carbonyl (C=O) groups is 2. The van der Waals surface area contributed by atoms with Crippen LogP contribution >= 0.6 is 0 Å². The largest absolute Gasteiger partial charge is 0.352 e. The molecule has 4 aromatic carbocycles. The number of nitrogens with zero attached hydrogens (tertiary/aromatic N) is 2. The van der Waals surface area contributed by atoms with Crippen LogP contribution in [-0.2, 0) is 32.6 Å². The van der Waals surface area contributed by atoms with Crippen LogP contribution in [0, 0.1) is 6.92 Å². The minimum Gasteiger partial charge on any atom is -0.352 e. The first-order valence-electron chi connectivity index (χ1n) is 14.5. The van der Waals surface area contributed by atoms with Crippen LogP contribution in [0.4, 0.5) is 5.69 Å². The van der Waals surface area contributed by atoms with Crippen molar-refractivity contribution in [1.82, 2.24) is 10.2 Å². The van der Waals surface area contributed by atoms with Crippen LogP contribution in [-0.4, -0.2) is 43.8 Å². The van der Waals surface area contributed by atoms with Gasteiger partial charge in [0.05, 0.1) is 10.6 Å². The zero-order valence-corrected chi connectivity index (χ0v) is 25.7. The van der Waals surface area contributed by atoms with Crippen LogP contribution in [0.15, 0.2) is 120 Å². The molecule has 0 saturated heterocycles. The van der Waals surface area contributed by atoms with Crippen molar-refractivity contribution >= 4 is 27.5 Å². The number of hydrogen-bond donors (Lipinski definition) is 1. The average Bonchev–Trinajstić information content (AvgIpc) is 3.03. The van der Waals surface area contributed by atoms with Gasteiger partial charge in [-0.3, -0.25) is 13.9 Å². The van der Waals surface area contributed by atoms with Crippen LogP contribution in [0.25, 0.3) is 0 Å². The number of sulfonamides is 1. The van der Waals surface area contributed by atoms with Crippen LogP contribution < -0.4 is 9.62 Å². The van der Waals surface area contributed by atoms with Crippen molar-refractivity contribution in [3.8, 4) is 0 Å². The van der Waals surface area contributed by atoms with Crippen molar-refractivity contribution in [2.24, 2.45) is 0 Å². The molecular formula is C35H39N3O4S. The van der Waals surface area contributed by atoms with Gasteiger partial charge in [-0.2, -0.15) is 0 Å². The van der Waals surface area contributed by atoms with Crippen molar-refractivity contribution in [1.29, 1.82) is 0 Å². The van der Waals surface area contributed by atoms with Crippen molar-refractivity contribution in [3.05, 3.63) is 132 Å². The fourth-order valence-electron chi connectivity index (χ4n) is 4.73. The van der Waals surface area contributed by atoms with E-state index in [1.165, 1.54) is 17.0 Å². The summed E-state index contributed by atoms with van der Waals surface area (Å²) in [6.07, 6.45) is 1.00. The molecule has 2 amide bonds. The lowest BCUT2D eigenvalue weighted by atomic mass is 10.0. The summed E-state index contributed by atoms with van der Waals surface area (Å²) in [7, 11) is -4.11. The maximum Gasteiger partial charge on any atom is 0.264 e. The maximum absolute atomic E-state index is 14.4. The second-order valence-electron chi connectivity index (χ2n) is 10.7. The molecule has 0 bridgehead atoms. The van der Waals surface area contributed by atoms with Crippen LogP contribution in [0.3, 0.4) is 0 Å². The highest BCUT2D eigenvalue weighted by molar-refractivity contribution is 7.92. The van der Waals surface area contributed by atoms with E-state index in [1.807, 2.05) is 93.6 Å². The molecule has 2 atom stereocenters. The highest BCUT2D eigenvalue weighted by Crippen LogP contribution is 2.25. The molecule has 4 rings (SSSR count). The Bertz CT molecular complexity index is 1580. The van der Waals surface area contributed by atoms with Gasteiger partial charge >= 0.3 is 0 Å². The van der Waals surface area contributed by atoms with Gasteiger partial charge in [-0.25, -0.2) is 8.42 Å². The van der Waals surface area contributed by atoms with E-state index in [0.717, 1.165) is 27.4 Å². The summed E-state index contributed by atoms with van der Waals surface area (Å²) >= 11 is 0. The fraction of sp³-hybridized carbons (Fsp3) is 0.257.